The predicted octanol–water partition coefficient (Wildman–Crippen LogP) is 1.68. The van der Waals surface area contributed by atoms with Crippen molar-refractivity contribution in [3.05, 3.63) is 36.2 Å². The van der Waals surface area contributed by atoms with Crippen molar-refractivity contribution in [2.24, 2.45) is 7.05 Å². The van der Waals surface area contributed by atoms with Crippen LogP contribution in [0.4, 0.5) is 0 Å². The molecule has 19 heavy (non-hydrogen) atoms. The number of carbonyl (C=O) groups is 1. The van der Waals surface area contributed by atoms with Crippen molar-refractivity contribution < 1.29 is 14.6 Å². The van der Waals surface area contributed by atoms with Gasteiger partial charge in [0.1, 0.15) is 17.6 Å². The van der Waals surface area contributed by atoms with Gasteiger partial charge >= 0.3 is 5.97 Å². The minimum Gasteiger partial charge on any atom is -0.492 e. The lowest BCUT2D eigenvalue weighted by Gasteiger charge is -2.08. The van der Waals surface area contributed by atoms with Crippen LogP contribution < -0.4 is 4.74 Å². The second kappa shape index (κ2) is 6.24. The van der Waals surface area contributed by atoms with Crippen LogP contribution in [-0.4, -0.2) is 38.2 Å². The zero-order valence-electron chi connectivity index (χ0n) is 10.3. The van der Waals surface area contributed by atoms with Crippen LogP contribution in [0.15, 0.2) is 35.7 Å². The molecular formula is C12H13N3O3S. The number of hydrogen-bond acceptors (Lipinski definition) is 5. The SMILES string of the molecule is Cn1ncnc1SCCOc1ccccc1C(=O)O. The number of rotatable bonds is 6. The van der Waals surface area contributed by atoms with E-state index in [1.54, 1.807) is 22.9 Å². The number of hydrogen-bond donors (Lipinski definition) is 1. The van der Waals surface area contributed by atoms with E-state index >= 15 is 0 Å². The summed E-state index contributed by atoms with van der Waals surface area (Å²) in [7, 11) is 1.82. The maximum atomic E-state index is 11.0. The Bertz CT molecular complexity index is 571. The van der Waals surface area contributed by atoms with Crippen molar-refractivity contribution in [3.63, 3.8) is 0 Å². The van der Waals surface area contributed by atoms with Crippen LogP contribution in [-0.2, 0) is 7.05 Å². The topological polar surface area (TPSA) is 77.2 Å². The van der Waals surface area contributed by atoms with Gasteiger partial charge in [-0.2, -0.15) is 5.10 Å². The molecule has 0 saturated heterocycles. The average molecular weight is 279 g/mol. The molecule has 7 heteroatoms. The van der Waals surface area contributed by atoms with Crippen molar-refractivity contribution in [2.45, 2.75) is 5.16 Å². The van der Waals surface area contributed by atoms with Gasteiger partial charge in [0.2, 0.25) is 0 Å². The molecule has 1 aromatic heterocycles. The third kappa shape index (κ3) is 3.47. The molecular weight excluding hydrogens is 266 g/mol. The molecule has 6 nitrogen and oxygen atoms in total. The predicted molar refractivity (Wildman–Crippen MR) is 70.6 cm³/mol. The molecule has 0 atom stereocenters. The standard InChI is InChI=1S/C12H13N3O3S/c1-15-12(13-8-14-15)19-7-6-18-10-5-3-2-4-9(10)11(16)17/h2-5,8H,6-7H2,1H3,(H,16,17). The summed E-state index contributed by atoms with van der Waals surface area (Å²) in [5.74, 6) is 0.0608. The second-order valence-corrected chi connectivity index (χ2v) is 4.73. The molecule has 2 rings (SSSR count). The summed E-state index contributed by atoms with van der Waals surface area (Å²) in [5.41, 5.74) is 0.172. The summed E-state index contributed by atoms with van der Waals surface area (Å²) in [6.45, 7) is 0.405. The highest BCUT2D eigenvalue weighted by Gasteiger charge is 2.10. The Balaban J connectivity index is 1.86. The molecule has 0 aliphatic heterocycles. The number of aromatic nitrogens is 3. The number of carboxylic acids is 1. The van der Waals surface area contributed by atoms with E-state index in [4.69, 9.17) is 9.84 Å². The Hall–Kier alpha value is -2.02. The molecule has 0 spiro atoms. The van der Waals surface area contributed by atoms with Crippen LogP contribution in [0.1, 0.15) is 10.4 Å². The summed E-state index contributed by atoms with van der Waals surface area (Å²) in [6.07, 6.45) is 1.49. The molecule has 0 unspecified atom stereocenters. The van der Waals surface area contributed by atoms with E-state index in [1.165, 1.54) is 24.2 Å². The van der Waals surface area contributed by atoms with Crippen LogP contribution >= 0.6 is 11.8 Å². The zero-order chi connectivity index (χ0) is 13.7. The highest BCUT2D eigenvalue weighted by Crippen LogP contribution is 2.19. The first-order valence-corrected chi connectivity index (χ1v) is 6.59. The fourth-order valence-corrected chi connectivity index (χ4v) is 2.17. The third-order valence-electron chi connectivity index (χ3n) is 2.36. The van der Waals surface area contributed by atoms with Crippen molar-refractivity contribution in [2.75, 3.05) is 12.4 Å². The Morgan fingerprint density at radius 3 is 2.95 bits per heavy atom. The number of thioether (sulfide) groups is 1. The van der Waals surface area contributed by atoms with E-state index in [0.29, 0.717) is 18.1 Å². The molecule has 1 heterocycles. The highest BCUT2D eigenvalue weighted by molar-refractivity contribution is 7.99. The van der Waals surface area contributed by atoms with Gasteiger partial charge in [-0.25, -0.2) is 14.5 Å². The molecule has 2 aromatic rings. The number of aryl methyl sites for hydroxylation is 1. The van der Waals surface area contributed by atoms with Crippen molar-refractivity contribution in [1.82, 2.24) is 14.8 Å². The number of aromatic carboxylic acids is 1. The molecule has 0 saturated carbocycles. The maximum Gasteiger partial charge on any atom is 0.339 e. The lowest BCUT2D eigenvalue weighted by molar-refractivity contribution is 0.0692. The number of benzene rings is 1. The zero-order valence-corrected chi connectivity index (χ0v) is 11.1. The van der Waals surface area contributed by atoms with Gasteiger partial charge in [0, 0.05) is 12.8 Å². The van der Waals surface area contributed by atoms with Gasteiger partial charge in [0.05, 0.1) is 6.61 Å². The normalized spacial score (nSPS) is 10.4. The fourth-order valence-electron chi connectivity index (χ4n) is 1.47. The smallest absolute Gasteiger partial charge is 0.339 e. The fraction of sp³-hybridized carbons (Fsp3) is 0.250. The number of carboxylic acid groups (broad SMARTS) is 1. The first-order valence-electron chi connectivity index (χ1n) is 5.60. The summed E-state index contributed by atoms with van der Waals surface area (Å²) < 4.78 is 7.15. The van der Waals surface area contributed by atoms with E-state index in [2.05, 4.69) is 10.1 Å². The van der Waals surface area contributed by atoms with Crippen molar-refractivity contribution in [3.8, 4) is 5.75 Å². The van der Waals surface area contributed by atoms with Gasteiger partial charge in [0.15, 0.2) is 5.16 Å². The van der Waals surface area contributed by atoms with Gasteiger partial charge in [-0.05, 0) is 12.1 Å². The van der Waals surface area contributed by atoms with E-state index < -0.39 is 5.97 Å². The highest BCUT2D eigenvalue weighted by atomic mass is 32.2. The van der Waals surface area contributed by atoms with E-state index in [1.807, 2.05) is 7.05 Å². The average Bonchev–Trinajstić information content (AvgIpc) is 2.80. The van der Waals surface area contributed by atoms with Gasteiger partial charge in [0.25, 0.3) is 0 Å². The van der Waals surface area contributed by atoms with Crippen LogP contribution in [0.3, 0.4) is 0 Å². The Labute approximate surface area is 114 Å². The van der Waals surface area contributed by atoms with Crippen LogP contribution in [0, 0.1) is 0 Å². The molecule has 0 bridgehead atoms. The van der Waals surface area contributed by atoms with Crippen LogP contribution in [0.2, 0.25) is 0 Å². The summed E-state index contributed by atoms with van der Waals surface area (Å²) in [5, 5.41) is 13.8. The van der Waals surface area contributed by atoms with Crippen molar-refractivity contribution >= 4 is 17.7 Å². The minimum absolute atomic E-state index is 0.172. The third-order valence-corrected chi connectivity index (χ3v) is 3.36. The van der Waals surface area contributed by atoms with E-state index in [9.17, 15) is 4.79 Å². The summed E-state index contributed by atoms with van der Waals surface area (Å²) >= 11 is 1.50. The number of ether oxygens (including phenoxy) is 1. The van der Waals surface area contributed by atoms with Crippen LogP contribution in [0.5, 0.6) is 5.75 Å². The van der Waals surface area contributed by atoms with Gasteiger partial charge in [-0.3, -0.25) is 0 Å². The second-order valence-electron chi connectivity index (χ2n) is 3.66. The van der Waals surface area contributed by atoms with Gasteiger partial charge < -0.3 is 9.84 Å². The summed E-state index contributed by atoms with van der Waals surface area (Å²) in [6, 6.07) is 6.59. The molecule has 0 amide bonds. The Morgan fingerprint density at radius 2 is 2.26 bits per heavy atom. The molecule has 0 aliphatic rings. The van der Waals surface area contributed by atoms with Crippen LogP contribution in [0.25, 0.3) is 0 Å². The number of nitrogens with zero attached hydrogens (tertiary/aromatic N) is 3. The molecule has 100 valence electrons. The molecule has 1 N–H and O–H groups in total. The first-order chi connectivity index (χ1) is 9.18. The lowest BCUT2D eigenvalue weighted by Crippen LogP contribution is -2.06. The Morgan fingerprint density at radius 1 is 1.47 bits per heavy atom. The van der Waals surface area contributed by atoms with E-state index in [0.717, 1.165) is 5.16 Å². The maximum absolute atomic E-state index is 11.0. The monoisotopic (exact) mass is 279 g/mol. The largest absolute Gasteiger partial charge is 0.492 e. The molecule has 0 aliphatic carbocycles. The summed E-state index contributed by atoms with van der Waals surface area (Å²) in [4.78, 5) is 15.1. The Kier molecular flexibility index (Phi) is 4.40. The molecule has 1 aromatic carbocycles. The minimum atomic E-state index is -0.989. The van der Waals surface area contributed by atoms with Crippen molar-refractivity contribution in [1.29, 1.82) is 0 Å². The van der Waals surface area contributed by atoms with Gasteiger partial charge in [-0.1, -0.05) is 23.9 Å². The lowest BCUT2D eigenvalue weighted by atomic mass is 10.2. The quantitative estimate of drug-likeness (QED) is 0.640. The first kappa shape index (κ1) is 13.4. The van der Waals surface area contributed by atoms with Gasteiger partial charge in [-0.15, -0.1) is 0 Å². The molecule has 0 fully saturated rings. The molecule has 0 radical (unpaired) electrons. The number of para-hydroxylation sites is 1. The van der Waals surface area contributed by atoms with E-state index in [-0.39, 0.29) is 5.56 Å².